The second-order valence-corrected chi connectivity index (χ2v) is 5.04. The van der Waals surface area contributed by atoms with Gasteiger partial charge in [0.1, 0.15) is 5.82 Å². The van der Waals surface area contributed by atoms with Gasteiger partial charge in [-0.3, -0.25) is 0 Å². The van der Waals surface area contributed by atoms with E-state index in [1.807, 2.05) is 0 Å². The van der Waals surface area contributed by atoms with Crippen LogP contribution >= 0.6 is 0 Å². The topological polar surface area (TPSA) is 51.0 Å². The molecule has 1 aromatic carbocycles. The summed E-state index contributed by atoms with van der Waals surface area (Å²) in [6, 6.07) is 6.60. The van der Waals surface area contributed by atoms with Crippen LogP contribution in [0.2, 0.25) is 0 Å². The second kappa shape index (κ2) is 5.09. The lowest BCUT2D eigenvalue weighted by Crippen LogP contribution is -2.34. The molecule has 0 saturated carbocycles. The molecule has 1 aliphatic heterocycles. The number of rotatable bonds is 2. The van der Waals surface area contributed by atoms with Crippen molar-refractivity contribution in [3.05, 3.63) is 36.0 Å². The molecule has 1 aliphatic rings. The van der Waals surface area contributed by atoms with Crippen LogP contribution in [-0.2, 0) is 0 Å². The Labute approximate surface area is 111 Å². The quantitative estimate of drug-likeness (QED) is 0.903. The van der Waals surface area contributed by atoms with E-state index in [0.717, 1.165) is 24.9 Å². The minimum Gasteiger partial charge on any atom is -0.339 e. The first-order valence-corrected chi connectivity index (χ1v) is 6.55. The van der Waals surface area contributed by atoms with Crippen LogP contribution in [0.25, 0.3) is 11.4 Å². The normalized spacial score (nSPS) is 23.5. The lowest BCUT2D eigenvalue weighted by Gasteiger charge is -2.25. The molecule has 2 unspecified atom stereocenters. The number of hydrogen-bond donors (Lipinski definition) is 1. The van der Waals surface area contributed by atoms with Gasteiger partial charge in [0, 0.05) is 17.5 Å². The highest BCUT2D eigenvalue weighted by Crippen LogP contribution is 2.28. The van der Waals surface area contributed by atoms with E-state index < -0.39 is 0 Å². The highest BCUT2D eigenvalue weighted by molar-refractivity contribution is 5.53. The van der Waals surface area contributed by atoms with E-state index in [1.165, 1.54) is 12.1 Å². The molecule has 0 radical (unpaired) electrons. The van der Waals surface area contributed by atoms with Crippen molar-refractivity contribution in [2.75, 3.05) is 6.54 Å². The van der Waals surface area contributed by atoms with E-state index >= 15 is 0 Å². The molecule has 5 heteroatoms. The highest BCUT2D eigenvalue weighted by atomic mass is 19.1. The van der Waals surface area contributed by atoms with E-state index in [2.05, 4.69) is 22.4 Å². The van der Waals surface area contributed by atoms with Crippen molar-refractivity contribution in [2.24, 2.45) is 0 Å². The van der Waals surface area contributed by atoms with Crippen LogP contribution in [0, 0.1) is 5.82 Å². The van der Waals surface area contributed by atoms with E-state index in [1.54, 1.807) is 12.1 Å². The van der Waals surface area contributed by atoms with Gasteiger partial charge in [0.2, 0.25) is 11.7 Å². The molecule has 1 N–H and O–H groups in total. The molecule has 0 amide bonds. The third-order valence-electron chi connectivity index (χ3n) is 3.52. The van der Waals surface area contributed by atoms with Crippen molar-refractivity contribution >= 4 is 0 Å². The van der Waals surface area contributed by atoms with Crippen molar-refractivity contribution in [2.45, 2.75) is 31.7 Å². The largest absolute Gasteiger partial charge is 0.339 e. The van der Waals surface area contributed by atoms with Gasteiger partial charge in [-0.25, -0.2) is 4.39 Å². The van der Waals surface area contributed by atoms with E-state index in [-0.39, 0.29) is 5.82 Å². The first-order valence-electron chi connectivity index (χ1n) is 6.55. The molecule has 2 heterocycles. The highest BCUT2D eigenvalue weighted by Gasteiger charge is 2.25. The summed E-state index contributed by atoms with van der Waals surface area (Å²) in [4.78, 5) is 4.44. The third-order valence-corrected chi connectivity index (χ3v) is 3.52. The Morgan fingerprint density at radius 3 is 2.84 bits per heavy atom. The van der Waals surface area contributed by atoms with Crippen LogP contribution in [0.5, 0.6) is 0 Å². The first kappa shape index (κ1) is 12.3. The Hall–Kier alpha value is -1.75. The summed E-state index contributed by atoms with van der Waals surface area (Å²) in [5, 5.41) is 7.38. The summed E-state index contributed by atoms with van der Waals surface area (Å²) in [5.74, 6) is 1.27. The molecule has 4 nitrogen and oxygen atoms in total. The predicted octanol–water partition coefficient (Wildman–Crippen LogP) is 2.73. The Kier molecular flexibility index (Phi) is 3.29. The SMILES string of the molecule is CC1CC(c2nc(-c3ccc(F)cc3)no2)CCN1. The average Bonchev–Trinajstić information content (AvgIpc) is 2.89. The summed E-state index contributed by atoms with van der Waals surface area (Å²) >= 11 is 0. The maximum absolute atomic E-state index is 12.9. The Morgan fingerprint density at radius 2 is 2.11 bits per heavy atom. The standard InChI is InChI=1S/C14H16FN3O/c1-9-8-11(6-7-16-9)14-17-13(18-19-14)10-2-4-12(15)5-3-10/h2-5,9,11,16H,6-8H2,1H3. The zero-order valence-electron chi connectivity index (χ0n) is 10.8. The maximum Gasteiger partial charge on any atom is 0.230 e. The fourth-order valence-electron chi connectivity index (χ4n) is 2.47. The summed E-state index contributed by atoms with van der Waals surface area (Å²) in [6.45, 7) is 3.13. The van der Waals surface area contributed by atoms with E-state index in [9.17, 15) is 4.39 Å². The van der Waals surface area contributed by atoms with Gasteiger partial charge >= 0.3 is 0 Å². The van der Waals surface area contributed by atoms with Gasteiger partial charge in [-0.15, -0.1) is 0 Å². The number of hydrogen-bond acceptors (Lipinski definition) is 4. The number of piperidine rings is 1. The van der Waals surface area contributed by atoms with E-state index in [0.29, 0.717) is 23.7 Å². The second-order valence-electron chi connectivity index (χ2n) is 5.04. The van der Waals surface area contributed by atoms with Crippen LogP contribution in [0.1, 0.15) is 31.6 Å². The van der Waals surface area contributed by atoms with Crippen LogP contribution in [-0.4, -0.2) is 22.7 Å². The summed E-state index contributed by atoms with van der Waals surface area (Å²) in [5.41, 5.74) is 0.776. The molecule has 0 spiro atoms. The maximum atomic E-state index is 12.9. The average molecular weight is 261 g/mol. The molecular formula is C14H16FN3O. The minimum absolute atomic E-state index is 0.264. The van der Waals surface area contributed by atoms with Crippen LogP contribution in [0.15, 0.2) is 28.8 Å². The number of benzene rings is 1. The van der Waals surface area contributed by atoms with Gasteiger partial charge in [-0.1, -0.05) is 5.16 Å². The molecule has 19 heavy (non-hydrogen) atoms. The van der Waals surface area contributed by atoms with Crippen molar-refractivity contribution < 1.29 is 8.91 Å². The smallest absolute Gasteiger partial charge is 0.230 e. The molecule has 2 atom stereocenters. The van der Waals surface area contributed by atoms with Crippen LogP contribution < -0.4 is 5.32 Å². The number of aromatic nitrogens is 2. The predicted molar refractivity (Wildman–Crippen MR) is 69.1 cm³/mol. The van der Waals surface area contributed by atoms with Crippen molar-refractivity contribution in [1.82, 2.24) is 15.5 Å². The molecule has 1 fully saturated rings. The molecule has 0 bridgehead atoms. The minimum atomic E-state index is -0.264. The molecule has 1 aromatic heterocycles. The van der Waals surface area contributed by atoms with Gasteiger partial charge < -0.3 is 9.84 Å². The zero-order chi connectivity index (χ0) is 13.2. The third kappa shape index (κ3) is 2.66. The molecule has 3 rings (SSSR count). The van der Waals surface area contributed by atoms with Gasteiger partial charge in [-0.2, -0.15) is 4.98 Å². The molecule has 100 valence electrons. The Balaban J connectivity index is 1.81. The Morgan fingerprint density at radius 1 is 1.32 bits per heavy atom. The zero-order valence-corrected chi connectivity index (χ0v) is 10.8. The lowest BCUT2D eigenvalue weighted by molar-refractivity contribution is 0.295. The summed E-state index contributed by atoms with van der Waals surface area (Å²) < 4.78 is 18.2. The van der Waals surface area contributed by atoms with Gasteiger partial charge in [-0.05, 0) is 50.6 Å². The van der Waals surface area contributed by atoms with Crippen LogP contribution in [0.3, 0.4) is 0 Å². The summed E-state index contributed by atoms with van der Waals surface area (Å²) in [6.07, 6.45) is 2.01. The van der Waals surface area contributed by atoms with Gasteiger partial charge in [0.15, 0.2) is 0 Å². The summed E-state index contributed by atoms with van der Waals surface area (Å²) in [7, 11) is 0. The van der Waals surface area contributed by atoms with Crippen molar-refractivity contribution in [3.63, 3.8) is 0 Å². The molecule has 1 saturated heterocycles. The van der Waals surface area contributed by atoms with E-state index in [4.69, 9.17) is 4.52 Å². The monoisotopic (exact) mass is 261 g/mol. The van der Waals surface area contributed by atoms with Crippen molar-refractivity contribution in [3.8, 4) is 11.4 Å². The van der Waals surface area contributed by atoms with Crippen molar-refractivity contribution in [1.29, 1.82) is 0 Å². The fourth-order valence-corrected chi connectivity index (χ4v) is 2.47. The molecule has 2 aromatic rings. The molecular weight excluding hydrogens is 245 g/mol. The Bertz CT molecular complexity index is 552. The van der Waals surface area contributed by atoms with Gasteiger partial charge in [0.05, 0.1) is 0 Å². The number of nitrogens with zero attached hydrogens (tertiary/aromatic N) is 2. The van der Waals surface area contributed by atoms with Gasteiger partial charge in [0.25, 0.3) is 0 Å². The van der Waals surface area contributed by atoms with Crippen LogP contribution in [0.4, 0.5) is 4.39 Å². The lowest BCUT2D eigenvalue weighted by atomic mass is 9.93. The first-order chi connectivity index (χ1) is 9.22. The molecule has 0 aliphatic carbocycles. The number of halogens is 1. The fraction of sp³-hybridized carbons (Fsp3) is 0.429. The number of nitrogens with one attached hydrogen (secondary N) is 1.